The second-order valence-electron chi connectivity index (χ2n) is 6.22. The normalized spacial score (nSPS) is 13.0. The zero-order valence-electron chi connectivity index (χ0n) is 15.4. The molecule has 0 saturated carbocycles. The van der Waals surface area contributed by atoms with Gasteiger partial charge in [-0.15, -0.1) is 5.10 Å². The van der Waals surface area contributed by atoms with E-state index in [-0.39, 0.29) is 17.4 Å². The molecule has 27 heavy (non-hydrogen) atoms. The minimum atomic E-state index is -0.138. The van der Waals surface area contributed by atoms with Crippen LogP contribution in [0.25, 0.3) is 0 Å². The first-order chi connectivity index (χ1) is 13.1. The number of hydrogen-bond donors (Lipinski definition) is 1. The molecule has 1 aromatic heterocycles. The standard InChI is InChI=1S/C19H22N4O3S/c1-3-18(25)20-15-10-12(8-9-17(15)26-2)16(24)11-27-19-21-13-6-4-5-7-14(13)22-23-19/h8-10H,3-7,11H2,1-2H3,(H,20,25). The number of Topliss-reactive ketones (excluding diaryl/α,β-unsaturated/α-hetero) is 1. The highest BCUT2D eigenvalue weighted by atomic mass is 32.2. The van der Waals surface area contributed by atoms with Crippen LogP contribution in [-0.2, 0) is 17.6 Å². The van der Waals surface area contributed by atoms with E-state index in [2.05, 4.69) is 20.5 Å². The van der Waals surface area contributed by atoms with E-state index in [1.807, 2.05) is 0 Å². The molecule has 0 bridgehead atoms. The number of anilines is 1. The van der Waals surface area contributed by atoms with Crippen molar-refractivity contribution in [3.63, 3.8) is 0 Å². The van der Waals surface area contributed by atoms with Gasteiger partial charge in [0.2, 0.25) is 11.1 Å². The van der Waals surface area contributed by atoms with Gasteiger partial charge >= 0.3 is 0 Å². The van der Waals surface area contributed by atoms with Crippen LogP contribution in [0.5, 0.6) is 5.75 Å². The Kier molecular flexibility index (Phi) is 6.39. The lowest BCUT2D eigenvalue weighted by Crippen LogP contribution is -2.12. The van der Waals surface area contributed by atoms with E-state index in [1.54, 1.807) is 25.1 Å². The molecular formula is C19H22N4O3S. The van der Waals surface area contributed by atoms with Gasteiger partial charge in [-0.05, 0) is 43.9 Å². The SMILES string of the molecule is CCC(=O)Nc1cc(C(=O)CSc2nnc3c(n2)CCCC3)ccc1OC. The van der Waals surface area contributed by atoms with Gasteiger partial charge in [0.25, 0.3) is 0 Å². The van der Waals surface area contributed by atoms with Crippen molar-refractivity contribution in [1.82, 2.24) is 15.2 Å². The van der Waals surface area contributed by atoms with Crippen molar-refractivity contribution >= 4 is 29.1 Å². The number of nitrogens with zero attached hydrogens (tertiary/aromatic N) is 3. The average molecular weight is 386 g/mol. The molecule has 0 spiro atoms. The largest absolute Gasteiger partial charge is 0.495 e. The molecule has 1 aromatic carbocycles. The summed E-state index contributed by atoms with van der Waals surface area (Å²) >= 11 is 1.28. The third-order valence-electron chi connectivity index (χ3n) is 4.35. The summed E-state index contributed by atoms with van der Waals surface area (Å²) in [4.78, 5) is 28.8. The number of nitrogens with one attached hydrogen (secondary N) is 1. The van der Waals surface area contributed by atoms with Crippen molar-refractivity contribution < 1.29 is 14.3 Å². The molecule has 1 amide bonds. The summed E-state index contributed by atoms with van der Waals surface area (Å²) in [6.07, 6.45) is 4.44. The molecule has 0 aliphatic heterocycles. The first kappa shape index (κ1) is 19.3. The van der Waals surface area contributed by atoms with Gasteiger partial charge in [-0.25, -0.2) is 4.98 Å². The zero-order valence-corrected chi connectivity index (χ0v) is 16.3. The molecule has 8 heteroatoms. The predicted octanol–water partition coefficient (Wildman–Crippen LogP) is 3.08. The molecule has 1 aliphatic carbocycles. The topological polar surface area (TPSA) is 94.1 Å². The van der Waals surface area contributed by atoms with Crippen LogP contribution in [0.2, 0.25) is 0 Å². The van der Waals surface area contributed by atoms with Crippen molar-refractivity contribution in [2.75, 3.05) is 18.2 Å². The average Bonchev–Trinajstić information content (AvgIpc) is 2.71. The second kappa shape index (κ2) is 8.94. The number of carbonyl (C=O) groups excluding carboxylic acids is 2. The first-order valence-corrected chi connectivity index (χ1v) is 9.95. The number of benzene rings is 1. The molecule has 0 saturated heterocycles. The predicted molar refractivity (Wildman–Crippen MR) is 103 cm³/mol. The highest BCUT2D eigenvalue weighted by Crippen LogP contribution is 2.27. The highest BCUT2D eigenvalue weighted by molar-refractivity contribution is 7.99. The summed E-state index contributed by atoms with van der Waals surface area (Å²) in [6.45, 7) is 1.76. The smallest absolute Gasteiger partial charge is 0.224 e. The fraction of sp³-hybridized carbons (Fsp3) is 0.421. The summed E-state index contributed by atoms with van der Waals surface area (Å²) in [5.41, 5.74) is 2.97. The van der Waals surface area contributed by atoms with Gasteiger partial charge in [-0.1, -0.05) is 18.7 Å². The van der Waals surface area contributed by atoms with Crippen molar-refractivity contribution in [1.29, 1.82) is 0 Å². The van der Waals surface area contributed by atoms with E-state index in [1.165, 1.54) is 18.9 Å². The Bertz CT molecular complexity index is 857. The van der Waals surface area contributed by atoms with Crippen molar-refractivity contribution in [3.8, 4) is 5.75 Å². The number of ketones is 1. The lowest BCUT2D eigenvalue weighted by Gasteiger charge is -2.13. The van der Waals surface area contributed by atoms with Crippen LogP contribution in [-0.4, -0.2) is 39.7 Å². The maximum atomic E-state index is 12.6. The second-order valence-corrected chi connectivity index (χ2v) is 7.17. The Balaban J connectivity index is 1.68. The number of thioether (sulfide) groups is 1. The van der Waals surface area contributed by atoms with Gasteiger partial charge in [0.05, 0.1) is 29.9 Å². The van der Waals surface area contributed by atoms with Crippen LogP contribution in [0.4, 0.5) is 5.69 Å². The van der Waals surface area contributed by atoms with E-state index >= 15 is 0 Å². The number of rotatable bonds is 7. The van der Waals surface area contributed by atoms with E-state index in [0.29, 0.717) is 28.6 Å². The Labute approximate surface area is 162 Å². The number of carbonyl (C=O) groups is 2. The lowest BCUT2D eigenvalue weighted by atomic mass is 10.0. The van der Waals surface area contributed by atoms with E-state index in [0.717, 1.165) is 37.1 Å². The van der Waals surface area contributed by atoms with Gasteiger partial charge in [0.15, 0.2) is 5.78 Å². The van der Waals surface area contributed by atoms with Crippen LogP contribution in [0.15, 0.2) is 23.4 Å². The summed E-state index contributed by atoms with van der Waals surface area (Å²) in [5, 5.41) is 11.6. The quantitative estimate of drug-likeness (QED) is 0.577. The van der Waals surface area contributed by atoms with Crippen LogP contribution in [0, 0.1) is 0 Å². The molecule has 0 atom stereocenters. The van der Waals surface area contributed by atoms with Crippen LogP contribution >= 0.6 is 11.8 Å². The summed E-state index contributed by atoms with van der Waals surface area (Å²) in [6, 6.07) is 5.01. The Morgan fingerprint density at radius 1 is 1.19 bits per heavy atom. The molecule has 0 unspecified atom stereocenters. The number of hydrogen-bond acceptors (Lipinski definition) is 7. The fourth-order valence-corrected chi connectivity index (χ4v) is 3.53. The van der Waals surface area contributed by atoms with Gasteiger partial charge in [-0.3, -0.25) is 9.59 Å². The number of amides is 1. The van der Waals surface area contributed by atoms with Gasteiger partial charge < -0.3 is 10.1 Å². The van der Waals surface area contributed by atoms with Gasteiger partial charge in [0, 0.05) is 12.0 Å². The van der Waals surface area contributed by atoms with Crippen LogP contribution in [0.3, 0.4) is 0 Å². The third kappa shape index (κ3) is 4.82. The molecule has 1 aliphatic rings. The monoisotopic (exact) mass is 386 g/mol. The van der Waals surface area contributed by atoms with Gasteiger partial charge in [-0.2, -0.15) is 5.10 Å². The van der Waals surface area contributed by atoms with E-state index in [4.69, 9.17) is 4.74 Å². The highest BCUT2D eigenvalue weighted by Gasteiger charge is 2.16. The molecule has 0 radical (unpaired) electrons. The fourth-order valence-electron chi connectivity index (χ4n) is 2.83. The molecule has 1 heterocycles. The molecule has 2 aromatic rings. The lowest BCUT2D eigenvalue weighted by molar-refractivity contribution is -0.115. The number of fused-ring (bicyclic) bond motifs is 1. The molecule has 142 valence electrons. The summed E-state index contributed by atoms with van der Waals surface area (Å²) in [7, 11) is 1.52. The molecule has 0 fully saturated rings. The molecule has 1 N–H and O–H groups in total. The van der Waals surface area contributed by atoms with Crippen molar-refractivity contribution in [2.24, 2.45) is 0 Å². The number of methoxy groups -OCH3 is 1. The Hall–Kier alpha value is -2.48. The Morgan fingerprint density at radius 3 is 2.70 bits per heavy atom. The zero-order chi connectivity index (χ0) is 19.2. The van der Waals surface area contributed by atoms with Crippen molar-refractivity contribution in [2.45, 2.75) is 44.2 Å². The van der Waals surface area contributed by atoms with Crippen LogP contribution in [0.1, 0.15) is 47.9 Å². The van der Waals surface area contributed by atoms with E-state index < -0.39 is 0 Å². The summed E-state index contributed by atoms with van der Waals surface area (Å²) < 4.78 is 5.25. The molecule has 7 nitrogen and oxygen atoms in total. The van der Waals surface area contributed by atoms with E-state index in [9.17, 15) is 9.59 Å². The minimum absolute atomic E-state index is 0.0732. The minimum Gasteiger partial charge on any atom is -0.495 e. The number of aromatic nitrogens is 3. The number of aryl methyl sites for hydroxylation is 2. The maximum Gasteiger partial charge on any atom is 0.224 e. The summed E-state index contributed by atoms with van der Waals surface area (Å²) in [5.74, 6) is 0.508. The maximum absolute atomic E-state index is 12.6. The number of ether oxygens (including phenoxy) is 1. The Morgan fingerprint density at radius 2 is 1.96 bits per heavy atom. The third-order valence-corrected chi connectivity index (χ3v) is 5.18. The first-order valence-electron chi connectivity index (χ1n) is 8.97. The van der Waals surface area contributed by atoms with Gasteiger partial charge in [0.1, 0.15) is 5.75 Å². The molecule has 3 rings (SSSR count). The van der Waals surface area contributed by atoms with Crippen molar-refractivity contribution in [3.05, 3.63) is 35.2 Å². The van der Waals surface area contributed by atoms with Crippen LogP contribution < -0.4 is 10.1 Å². The molecular weight excluding hydrogens is 364 g/mol.